The second-order valence-electron chi connectivity index (χ2n) is 4.62. The van der Waals surface area contributed by atoms with Gasteiger partial charge in [0.25, 0.3) is 0 Å². The third-order valence-electron chi connectivity index (χ3n) is 2.90. The van der Waals surface area contributed by atoms with Gasteiger partial charge >= 0.3 is 6.01 Å². The Hall–Kier alpha value is -2.08. The number of ether oxygens (including phenoxy) is 1. The van der Waals surface area contributed by atoms with Gasteiger partial charge in [-0.2, -0.15) is 4.98 Å². The molecule has 0 radical (unpaired) electrons. The summed E-state index contributed by atoms with van der Waals surface area (Å²) >= 11 is 0. The lowest BCUT2D eigenvalue weighted by molar-refractivity contribution is 0.428. The molecule has 0 aliphatic rings. The van der Waals surface area contributed by atoms with Crippen LogP contribution in [0.1, 0.15) is 24.6 Å². The number of halogens is 2. The van der Waals surface area contributed by atoms with Gasteiger partial charge < -0.3 is 10.1 Å². The maximum Gasteiger partial charge on any atom is 0.322 e. The van der Waals surface area contributed by atoms with E-state index in [0.717, 1.165) is 36.4 Å². The van der Waals surface area contributed by atoms with Crippen LogP contribution in [0.4, 0.5) is 8.78 Å². The van der Waals surface area contributed by atoms with Crippen molar-refractivity contribution in [3.05, 3.63) is 47.3 Å². The van der Waals surface area contributed by atoms with Crippen molar-refractivity contribution in [3.8, 4) is 11.8 Å². The molecule has 2 aromatic rings. The van der Waals surface area contributed by atoms with E-state index in [9.17, 15) is 8.78 Å². The largest absolute Gasteiger partial charge is 0.424 e. The summed E-state index contributed by atoms with van der Waals surface area (Å²) in [7, 11) is 0. The predicted octanol–water partition coefficient (Wildman–Crippen LogP) is 3.36. The summed E-state index contributed by atoms with van der Waals surface area (Å²) in [5, 5.41) is 3.26. The third-order valence-corrected chi connectivity index (χ3v) is 2.90. The summed E-state index contributed by atoms with van der Waals surface area (Å²) in [6, 6.07) is 3.40. The molecule has 0 bridgehead atoms. The number of aromatic nitrogens is 2. The highest BCUT2D eigenvalue weighted by atomic mass is 19.2. The van der Waals surface area contributed by atoms with E-state index in [1.54, 1.807) is 6.20 Å². The Labute approximate surface area is 122 Å². The summed E-state index contributed by atoms with van der Waals surface area (Å²) in [4.78, 5) is 8.29. The minimum absolute atomic E-state index is 0.109. The zero-order chi connectivity index (χ0) is 15.2. The molecule has 0 aliphatic carbocycles. The van der Waals surface area contributed by atoms with Gasteiger partial charge in [-0.1, -0.05) is 6.92 Å². The Morgan fingerprint density at radius 3 is 2.71 bits per heavy atom. The number of hydrogen-bond acceptors (Lipinski definition) is 4. The first-order chi connectivity index (χ1) is 10.1. The molecule has 0 spiro atoms. The molecule has 0 saturated carbocycles. The summed E-state index contributed by atoms with van der Waals surface area (Å²) in [5.74, 6) is -1.73. The highest BCUT2D eigenvalue weighted by molar-refractivity contribution is 5.27. The standard InChI is InChI=1S/C15H17F2N3O/c1-3-6-18-8-11-9-19-15(20-10(11)2)21-12-4-5-13(16)14(17)7-12/h4-5,7,9,18H,3,6,8H2,1-2H3. The van der Waals surface area contributed by atoms with Crippen molar-refractivity contribution in [2.75, 3.05) is 6.54 Å². The molecule has 1 heterocycles. The van der Waals surface area contributed by atoms with E-state index in [1.807, 2.05) is 6.92 Å². The predicted molar refractivity (Wildman–Crippen MR) is 75.2 cm³/mol. The normalized spacial score (nSPS) is 10.7. The van der Waals surface area contributed by atoms with Crippen molar-refractivity contribution >= 4 is 0 Å². The molecule has 0 fully saturated rings. The van der Waals surface area contributed by atoms with E-state index in [0.29, 0.717) is 6.54 Å². The lowest BCUT2D eigenvalue weighted by Gasteiger charge is -2.08. The number of rotatable bonds is 6. The topological polar surface area (TPSA) is 47.0 Å². The Morgan fingerprint density at radius 2 is 2.05 bits per heavy atom. The average Bonchev–Trinajstić information content (AvgIpc) is 2.45. The molecule has 1 aromatic carbocycles. The first kappa shape index (κ1) is 15.3. The van der Waals surface area contributed by atoms with Gasteiger partial charge in [-0.25, -0.2) is 13.8 Å². The van der Waals surface area contributed by atoms with Crippen LogP contribution in [-0.4, -0.2) is 16.5 Å². The Morgan fingerprint density at radius 1 is 1.24 bits per heavy atom. The second-order valence-corrected chi connectivity index (χ2v) is 4.62. The highest BCUT2D eigenvalue weighted by Crippen LogP contribution is 2.20. The lowest BCUT2D eigenvalue weighted by atomic mass is 10.2. The van der Waals surface area contributed by atoms with Crippen LogP contribution >= 0.6 is 0 Å². The molecule has 0 atom stereocenters. The first-order valence-corrected chi connectivity index (χ1v) is 6.76. The minimum atomic E-state index is -0.968. The lowest BCUT2D eigenvalue weighted by Crippen LogP contribution is -2.15. The zero-order valence-electron chi connectivity index (χ0n) is 12.0. The molecule has 0 aliphatic heterocycles. The minimum Gasteiger partial charge on any atom is -0.424 e. The van der Waals surface area contributed by atoms with Crippen molar-refractivity contribution in [1.82, 2.24) is 15.3 Å². The molecule has 6 heteroatoms. The van der Waals surface area contributed by atoms with E-state index >= 15 is 0 Å². The number of hydrogen-bond donors (Lipinski definition) is 1. The Kier molecular flexibility index (Phi) is 5.16. The smallest absolute Gasteiger partial charge is 0.322 e. The van der Waals surface area contributed by atoms with Gasteiger partial charge in [-0.15, -0.1) is 0 Å². The van der Waals surface area contributed by atoms with Crippen molar-refractivity contribution in [2.24, 2.45) is 0 Å². The van der Waals surface area contributed by atoms with Gasteiger partial charge in [-0.3, -0.25) is 0 Å². The summed E-state index contributed by atoms with van der Waals surface area (Å²) in [5.41, 5.74) is 1.76. The van der Waals surface area contributed by atoms with Crippen LogP contribution in [-0.2, 0) is 6.54 Å². The van der Waals surface area contributed by atoms with Gasteiger partial charge in [0.2, 0.25) is 0 Å². The molecule has 21 heavy (non-hydrogen) atoms. The molecule has 0 saturated heterocycles. The second kappa shape index (κ2) is 7.08. The molecule has 1 N–H and O–H groups in total. The van der Waals surface area contributed by atoms with Crippen LogP contribution < -0.4 is 10.1 Å². The van der Waals surface area contributed by atoms with Crippen LogP contribution in [0, 0.1) is 18.6 Å². The Bertz CT molecular complexity index is 620. The monoisotopic (exact) mass is 293 g/mol. The first-order valence-electron chi connectivity index (χ1n) is 6.76. The molecule has 2 rings (SSSR count). The van der Waals surface area contributed by atoms with E-state index in [1.165, 1.54) is 6.07 Å². The van der Waals surface area contributed by atoms with Crippen LogP contribution in [0.3, 0.4) is 0 Å². The van der Waals surface area contributed by atoms with Crippen LogP contribution in [0.2, 0.25) is 0 Å². The number of benzene rings is 1. The molecular formula is C15H17F2N3O. The molecule has 0 amide bonds. The molecule has 4 nitrogen and oxygen atoms in total. The number of nitrogens with one attached hydrogen (secondary N) is 1. The summed E-state index contributed by atoms with van der Waals surface area (Å²) < 4.78 is 31.3. The molecular weight excluding hydrogens is 276 g/mol. The maximum absolute atomic E-state index is 13.1. The third kappa shape index (κ3) is 4.19. The van der Waals surface area contributed by atoms with E-state index < -0.39 is 11.6 Å². The van der Waals surface area contributed by atoms with E-state index in [-0.39, 0.29) is 11.8 Å². The molecule has 1 aromatic heterocycles. The fourth-order valence-electron chi connectivity index (χ4n) is 1.74. The SMILES string of the molecule is CCCNCc1cnc(Oc2ccc(F)c(F)c2)nc1C. The van der Waals surface area contributed by atoms with Crippen molar-refractivity contribution in [1.29, 1.82) is 0 Å². The van der Waals surface area contributed by atoms with Gasteiger partial charge in [0, 0.05) is 30.1 Å². The van der Waals surface area contributed by atoms with Gasteiger partial charge in [-0.05, 0) is 32.0 Å². The number of aryl methyl sites for hydroxylation is 1. The van der Waals surface area contributed by atoms with Crippen molar-refractivity contribution < 1.29 is 13.5 Å². The van der Waals surface area contributed by atoms with E-state index in [2.05, 4.69) is 22.2 Å². The van der Waals surface area contributed by atoms with Gasteiger partial charge in [0.15, 0.2) is 11.6 Å². The number of nitrogens with zero attached hydrogens (tertiary/aromatic N) is 2. The van der Waals surface area contributed by atoms with Gasteiger partial charge in [0.1, 0.15) is 5.75 Å². The summed E-state index contributed by atoms with van der Waals surface area (Å²) in [6.07, 6.45) is 2.72. The van der Waals surface area contributed by atoms with Gasteiger partial charge in [0.05, 0.1) is 0 Å². The fourth-order valence-corrected chi connectivity index (χ4v) is 1.74. The molecule has 112 valence electrons. The quantitative estimate of drug-likeness (QED) is 0.830. The van der Waals surface area contributed by atoms with Crippen LogP contribution in [0.15, 0.2) is 24.4 Å². The van der Waals surface area contributed by atoms with Crippen LogP contribution in [0.25, 0.3) is 0 Å². The average molecular weight is 293 g/mol. The van der Waals surface area contributed by atoms with Crippen molar-refractivity contribution in [3.63, 3.8) is 0 Å². The molecule has 0 unspecified atom stereocenters. The Balaban J connectivity index is 2.07. The maximum atomic E-state index is 13.1. The summed E-state index contributed by atoms with van der Waals surface area (Å²) in [6.45, 7) is 5.55. The highest BCUT2D eigenvalue weighted by Gasteiger charge is 2.08. The fraction of sp³-hybridized carbons (Fsp3) is 0.333. The zero-order valence-corrected chi connectivity index (χ0v) is 12.0. The van der Waals surface area contributed by atoms with E-state index in [4.69, 9.17) is 4.74 Å². The van der Waals surface area contributed by atoms with Crippen molar-refractivity contribution in [2.45, 2.75) is 26.8 Å². The van der Waals surface area contributed by atoms with Crippen LogP contribution in [0.5, 0.6) is 11.8 Å².